The van der Waals surface area contributed by atoms with Crippen molar-refractivity contribution in [3.8, 4) is 0 Å². The third-order valence-electron chi connectivity index (χ3n) is 3.55. The number of nitrogens with zero attached hydrogens (tertiary/aromatic N) is 2. The molecule has 0 unspecified atom stereocenters. The average molecular weight is 238 g/mol. The van der Waals surface area contributed by atoms with E-state index >= 15 is 0 Å². The second kappa shape index (κ2) is 3.77. The molecular weight excluding hydrogens is 220 g/mol. The molecule has 0 aromatic heterocycles. The number of anilines is 2. The average Bonchev–Trinajstić information content (AvgIpc) is 2.91. The maximum atomic E-state index is 2.21. The number of rotatable bonds is 2. The minimum Gasteiger partial charge on any atom is -0.377 e. The van der Waals surface area contributed by atoms with E-state index in [1.54, 1.807) is 0 Å². The van der Waals surface area contributed by atoms with E-state index in [1.165, 1.54) is 32.9 Å². The molecule has 0 aliphatic heterocycles. The van der Waals surface area contributed by atoms with Crippen LogP contribution in [0.4, 0.5) is 11.4 Å². The van der Waals surface area contributed by atoms with Crippen LogP contribution >= 0.6 is 0 Å². The standard InChI is InChI=1S/C16H18N2/c1-17(2)15-11-7-5-9-13(11)16(18(3)4)14-10-6-8-12(14)15/h5-10H,1-4H3. The second-order valence-corrected chi connectivity index (χ2v) is 5.19. The third-order valence-corrected chi connectivity index (χ3v) is 3.55. The van der Waals surface area contributed by atoms with Crippen molar-refractivity contribution in [3.63, 3.8) is 0 Å². The molecule has 0 N–H and O–H groups in total. The van der Waals surface area contributed by atoms with Crippen LogP contribution in [0.25, 0.3) is 24.3 Å². The summed E-state index contributed by atoms with van der Waals surface area (Å²) in [7, 11) is 8.46. The van der Waals surface area contributed by atoms with Gasteiger partial charge in [-0.3, -0.25) is 0 Å². The highest BCUT2D eigenvalue weighted by Crippen LogP contribution is 2.25. The van der Waals surface area contributed by atoms with Gasteiger partial charge in [0.15, 0.2) is 0 Å². The quantitative estimate of drug-likeness (QED) is 0.719. The molecule has 0 amide bonds. The lowest BCUT2D eigenvalue weighted by Crippen LogP contribution is -2.31. The van der Waals surface area contributed by atoms with Gasteiger partial charge in [-0.25, -0.2) is 0 Å². The van der Waals surface area contributed by atoms with Crippen LogP contribution in [0.5, 0.6) is 0 Å². The first kappa shape index (κ1) is 11.1. The van der Waals surface area contributed by atoms with Crippen LogP contribution < -0.4 is 20.2 Å². The predicted molar refractivity (Wildman–Crippen MR) is 81.3 cm³/mol. The molecule has 0 spiro atoms. The van der Waals surface area contributed by atoms with Crippen LogP contribution in [-0.2, 0) is 0 Å². The molecule has 0 saturated carbocycles. The molecule has 0 saturated heterocycles. The van der Waals surface area contributed by atoms with Crippen LogP contribution in [0.15, 0.2) is 12.2 Å². The van der Waals surface area contributed by atoms with E-state index in [0.29, 0.717) is 0 Å². The molecule has 1 aromatic carbocycles. The van der Waals surface area contributed by atoms with Gasteiger partial charge in [0, 0.05) is 49.8 Å². The molecule has 3 rings (SSSR count). The number of hydrogen-bond donors (Lipinski definition) is 0. The summed E-state index contributed by atoms with van der Waals surface area (Å²) in [4.78, 5) is 4.42. The van der Waals surface area contributed by atoms with E-state index in [2.05, 4.69) is 74.4 Å². The van der Waals surface area contributed by atoms with Gasteiger partial charge in [0.25, 0.3) is 0 Å². The van der Waals surface area contributed by atoms with E-state index in [9.17, 15) is 0 Å². The van der Waals surface area contributed by atoms with Crippen molar-refractivity contribution >= 4 is 35.7 Å². The molecule has 18 heavy (non-hydrogen) atoms. The summed E-state index contributed by atoms with van der Waals surface area (Å²) < 4.78 is 0. The topological polar surface area (TPSA) is 6.48 Å². The fourth-order valence-electron chi connectivity index (χ4n) is 2.92. The van der Waals surface area contributed by atoms with Crippen molar-refractivity contribution in [1.82, 2.24) is 0 Å². The normalized spacial score (nSPS) is 14.0. The van der Waals surface area contributed by atoms with Crippen molar-refractivity contribution in [2.45, 2.75) is 0 Å². The molecule has 2 aliphatic carbocycles. The van der Waals surface area contributed by atoms with Crippen LogP contribution in [0.2, 0.25) is 0 Å². The zero-order valence-electron chi connectivity index (χ0n) is 11.4. The van der Waals surface area contributed by atoms with E-state index in [4.69, 9.17) is 0 Å². The Kier molecular flexibility index (Phi) is 2.34. The van der Waals surface area contributed by atoms with E-state index < -0.39 is 0 Å². The van der Waals surface area contributed by atoms with Gasteiger partial charge < -0.3 is 9.80 Å². The van der Waals surface area contributed by atoms with Crippen LogP contribution in [0, 0.1) is 0 Å². The maximum Gasteiger partial charge on any atom is 0.0521 e. The van der Waals surface area contributed by atoms with Crippen molar-refractivity contribution in [2.75, 3.05) is 38.0 Å². The first-order chi connectivity index (χ1) is 8.61. The lowest BCUT2D eigenvalue weighted by molar-refractivity contribution is 1.08. The second-order valence-electron chi connectivity index (χ2n) is 5.19. The van der Waals surface area contributed by atoms with E-state index in [0.717, 1.165) is 0 Å². The molecule has 0 atom stereocenters. The Morgan fingerprint density at radius 2 is 1.06 bits per heavy atom. The Bertz CT molecular complexity index is 627. The Balaban J connectivity index is 2.50. The third kappa shape index (κ3) is 1.35. The minimum absolute atomic E-state index is 1.32. The lowest BCUT2D eigenvalue weighted by Gasteiger charge is -2.23. The number of fused-ring (bicyclic) bond motifs is 2. The van der Waals surface area contributed by atoms with Gasteiger partial charge >= 0.3 is 0 Å². The molecule has 2 aliphatic rings. The van der Waals surface area contributed by atoms with Gasteiger partial charge in [-0.1, -0.05) is 36.5 Å². The highest BCUT2D eigenvalue weighted by molar-refractivity contribution is 5.90. The highest BCUT2D eigenvalue weighted by atomic mass is 15.1. The van der Waals surface area contributed by atoms with Gasteiger partial charge in [-0.2, -0.15) is 0 Å². The molecule has 2 heteroatoms. The molecule has 0 heterocycles. The lowest BCUT2D eigenvalue weighted by atomic mass is 10.0. The van der Waals surface area contributed by atoms with Crippen LogP contribution in [-0.4, -0.2) is 28.2 Å². The Morgan fingerprint density at radius 1 is 0.667 bits per heavy atom. The smallest absolute Gasteiger partial charge is 0.0521 e. The van der Waals surface area contributed by atoms with Gasteiger partial charge in [0.2, 0.25) is 0 Å². The molecule has 92 valence electrons. The Hall–Kier alpha value is -1.96. The first-order valence-corrected chi connectivity index (χ1v) is 6.22. The highest BCUT2D eigenvalue weighted by Gasteiger charge is 2.19. The van der Waals surface area contributed by atoms with Gasteiger partial charge in [0.1, 0.15) is 0 Å². The minimum atomic E-state index is 1.32. The van der Waals surface area contributed by atoms with Crippen molar-refractivity contribution in [2.24, 2.45) is 0 Å². The number of allylic oxidation sites excluding steroid dienone is 2. The fourth-order valence-corrected chi connectivity index (χ4v) is 2.92. The Morgan fingerprint density at radius 3 is 1.39 bits per heavy atom. The summed E-state index contributed by atoms with van der Waals surface area (Å²) in [6, 6.07) is 0. The summed E-state index contributed by atoms with van der Waals surface area (Å²) in [5.41, 5.74) is 5.31. The Labute approximate surface area is 108 Å². The van der Waals surface area contributed by atoms with Gasteiger partial charge in [-0.05, 0) is 0 Å². The first-order valence-electron chi connectivity index (χ1n) is 6.22. The zero-order chi connectivity index (χ0) is 12.9. The summed E-state index contributed by atoms with van der Waals surface area (Å²) in [5, 5.41) is 2.67. The monoisotopic (exact) mass is 238 g/mol. The SMILES string of the molecule is CN(C)c1c2c(c(N(C)C)c3c1=CC=C3)=CC=C2. The summed E-state index contributed by atoms with van der Waals surface area (Å²) >= 11 is 0. The molecule has 2 nitrogen and oxygen atoms in total. The summed E-state index contributed by atoms with van der Waals surface area (Å²) in [6.07, 6.45) is 13.1. The predicted octanol–water partition coefficient (Wildman–Crippen LogP) is 1.43. The summed E-state index contributed by atoms with van der Waals surface area (Å²) in [5.74, 6) is 0. The molecule has 0 radical (unpaired) electrons. The van der Waals surface area contributed by atoms with Crippen molar-refractivity contribution in [3.05, 3.63) is 33.7 Å². The van der Waals surface area contributed by atoms with Crippen LogP contribution in [0.3, 0.4) is 0 Å². The fraction of sp³-hybridized carbons (Fsp3) is 0.250. The number of hydrogen-bond acceptors (Lipinski definition) is 2. The largest absolute Gasteiger partial charge is 0.377 e. The number of benzene rings is 1. The van der Waals surface area contributed by atoms with Gasteiger partial charge in [-0.15, -0.1) is 0 Å². The zero-order valence-corrected chi connectivity index (χ0v) is 11.4. The van der Waals surface area contributed by atoms with E-state index in [1.807, 2.05) is 0 Å². The maximum absolute atomic E-state index is 2.21. The molecule has 0 bridgehead atoms. The van der Waals surface area contributed by atoms with Gasteiger partial charge in [0.05, 0.1) is 11.4 Å². The van der Waals surface area contributed by atoms with E-state index in [-0.39, 0.29) is 0 Å². The molecular formula is C16H18N2. The summed E-state index contributed by atoms with van der Waals surface area (Å²) in [6.45, 7) is 0. The van der Waals surface area contributed by atoms with Crippen molar-refractivity contribution in [1.29, 1.82) is 0 Å². The van der Waals surface area contributed by atoms with Crippen molar-refractivity contribution < 1.29 is 0 Å². The van der Waals surface area contributed by atoms with Crippen LogP contribution in [0.1, 0.15) is 11.1 Å². The molecule has 1 aromatic rings. The molecule has 0 fully saturated rings.